The summed E-state index contributed by atoms with van der Waals surface area (Å²) in [6.45, 7) is 0.114. The molecule has 0 aliphatic heterocycles. The minimum absolute atomic E-state index is 0.114. The Balaban J connectivity index is 2.94. The van der Waals surface area contributed by atoms with Crippen molar-refractivity contribution in [3.05, 3.63) is 29.6 Å². The van der Waals surface area contributed by atoms with Gasteiger partial charge in [-0.3, -0.25) is 9.59 Å². The number of halogens is 1. The fraction of sp³-hybridized carbons (Fsp3) is 0.273. The zero-order valence-electron chi connectivity index (χ0n) is 9.16. The lowest BCUT2D eigenvalue weighted by molar-refractivity contribution is -0.119. The number of rotatable bonds is 4. The Labute approximate surface area is 93.1 Å². The van der Waals surface area contributed by atoms with Crippen molar-refractivity contribution in [1.82, 2.24) is 5.32 Å². The van der Waals surface area contributed by atoms with Crippen molar-refractivity contribution in [3.8, 4) is 0 Å². The molecule has 0 heterocycles. The molecule has 1 rings (SSSR count). The maximum atomic E-state index is 12.9. The zero-order valence-corrected chi connectivity index (χ0v) is 9.16. The standard InChI is InChI=1S/C11H13FN2O2/c1-13-11(16)6-14(2)10-4-3-9(12)5-8(10)7-15/h3-5,7H,6H2,1-2H3,(H,13,16). The largest absolute Gasteiger partial charge is 0.365 e. The van der Waals surface area contributed by atoms with Crippen LogP contribution in [0.25, 0.3) is 0 Å². The third-order valence-corrected chi connectivity index (χ3v) is 2.19. The highest BCUT2D eigenvalue weighted by Crippen LogP contribution is 2.18. The predicted octanol–water partition coefficient (Wildman–Crippen LogP) is 0.820. The van der Waals surface area contributed by atoms with E-state index in [1.54, 1.807) is 11.9 Å². The average Bonchev–Trinajstić information content (AvgIpc) is 2.28. The molecular weight excluding hydrogens is 211 g/mol. The van der Waals surface area contributed by atoms with E-state index < -0.39 is 5.82 Å². The molecule has 0 spiro atoms. The molecular formula is C11H13FN2O2. The van der Waals surface area contributed by atoms with Crippen LogP contribution >= 0.6 is 0 Å². The lowest BCUT2D eigenvalue weighted by Gasteiger charge is -2.19. The minimum atomic E-state index is -0.473. The van der Waals surface area contributed by atoms with Crippen molar-refractivity contribution in [2.75, 3.05) is 25.5 Å². The van der Waals surface area contributed by atoms with Gasteiger partial charge in [-0.05, 0) is 18.2 Å². The Hall–Kier alpha value is -1.91. The number of benzene rings is 1. The van der Waals surface area contributed by atoms with Gasteiger partial charge in [0.1, 0.15) is 5.82 Å². The van der Waals surface area contributed by atoms with E-state index in [2.05, 4.69) is 5.32 Å². The second-order valence-corrected chi connectivity index (χ2v) is 3.35. The first-order chi connectivity index (χ1) is 7.58. The van der Waals surface area contributed by atoms with Gasteiger partial charge in [0.2, 0.25) is 5.91 Å². The van der Waals surface area contributed by atoms with Crippen LogP contribution in [0.2, 0.25) is 0 Å². The maximum Gasteiger partial charge on any atom is 0.239 e. The van der Waals surface area contributed by atoms with E-state index in [-0.39, 0.29) is 18.0 Å². The molecule has 0 aromatic heterocycles. The van der Waals surface area contributed by atoms with E-state index in [1.807, 2.05) is 0 Å². The highest BCUT2D eigenvalue weighted by molar-refractivity contribution is 5.87. The molecule has 5 heteroatoms. The highest BCUT2D eigenvalue weighted by Gasteiger charge is 2.10. The monoisotopic (exact) mass is 224 g/mol. The number of nitrogens with zero attached hydrogens (tertiary/aromatic N) is 1. The van der Waals surface area contributed by atoms with Crippen molar-refractivity contribution in [1.29, 1.82) is 0 Å². The Morgan fingerprint density at radius 3 is 2.81 bits per heavy atom. The summed E-state index contributed by atoms with van der Waals surface area (Å²) in [5.41, 5.74) is 0.756. The third-order valence-electron chi connectivity index (χ3n) is 2.19. The lowest BCUT2D eigenvalue weighted by Crippen LogP contribution is -2.33. The van der Waals surface area contributed by atoms with E-state index in [9.17, 15) is 14.0 Å². The molecule has 0 aliphatic carbocycles. The van der Waals surface area contributed by atoms with Crippen LogP contribution in [0.4, 0.5) is 10.1 Å². The molecule has 4 nitrogen and oxygen atoms in total. The van der Waals surface area contributed by atoms with Crippen molar-refractivity contribution >= 4 is 17.9 Å². The van der Waals surface area contributed by atoms with Gasteiger partial charge in [-0.2, -0.15) is 0 Å². The Morgan fingerprint density at radius 1 is 1.56 bits per heavy atom. The summed E-state index contributed by atoms with van der Waals surface area (Å²) >= 11 is 0. The smallest absolute Gasteiger partial charge is 0.239 e. The molecule has 0 fully saturated rings. The molecule has 0 saturated heterocycles. The van der Waals surface area contributed by atoms with Gasteiger partial charge >= 0.3 is 0 Å². The van der Waals surface area contributed by atoms with Gasteiger partial charge in [0, 0.05) is 25.3 Å². The van der Waals surface area contributed by atoms with Crippen molar-refractivity contribution in [2.24, 2.45) is 0 Å². The fourth-order valence-corrected chi connectivity index (χ4v) is 1.35. The molecule has 16 heavy (non-hydrogen) atoms. The van der Waals surface area contributed by atoms with E-state index in [4.69, 9.17) is 0 Å². The summed E-state index contributed by atoms with van der Waals surface area (Å²) in [6.07, 6.45) is 0.568. The number of hydrogen-bond donors (Lipinski definition) is 1. The first-order valence-corrected chi connectivity index (χ1v) is 4.75. The number of anilines is 1. The molecule has 0 bridgehead atoms. The zero-order chi connectivity index (χ0) is 12.1. The summed E-state index contributed by atoms with van der Waals surface area (Å²) in [5, 5.41) is 2.47. The number of hydrogen-bond acceptors (Lipinski definition) is 3. The molecule has 0 radical (unpaired) electrons. The van der Waals surface area contributed by atoms with Gasteiger partial charge in [0.05, 0.1) is 6.54 Å². The van der Waals surface area contributed by atoms with Gasteiger partial charge in [-0.1, -0.05) is 0 Å². The van der Waals surface area contributed by atoms with E-state index in [0.29, 0.717) is 12.0 Å². The quantitative estimate of drug-likeness (QED) is 0.770. The van der Waals surface area contributed by atoms with Gasteiger partial charge in [-0.15, -0.1) is 0 Å². The molecule has 1 amide bonds. The molecule has 86 valence electrons. The number of aldehydes is 1. The van der Waals surface area contributed by atoms with E-state index >= 15 is 0 Å². The van der Waals surface area contributed by atoms with Crippen LogP contribution in [0, 0.1) is 5.82 Å². The summed E-state index contributed by atoms with van der Waals surface area (Å²) < 4.78 is 12.9. The number of carbonyl (C=O) groups excluding carboxylic acids is 2. The second-order valence-electron chi connectivity index (χ2n) is 3.35. The topological polar surface area (TPSA) is 49.4 Å². The summed E-state index contributed by atoms with van der Waals surface area (Å²) in [5.74, 6) is -0.650. The van der Waals surface area contributed by atoms with E-state index in [0.717, 1.165) is 6.07 Å². The first kappa shape index (κ1) is 12.2. The molecule has 0 aliphatic rings. The van der Waals surface area contributed by atoms with Crippen LogP contribution in [0.3, 0.4) is 0 Å². The van der Waals surface area contributed by atoms with E-state index in [1.165, 1.54) is 19.2 Å². The highest BCUT2D eigenvalue weighted by atomic mass is 19.1. The Morgan fingerprint density at radius 2 is 2.25 bits per heavy atom. The molecule has 0 atom stereocenters. The lowest BCUT2D eigenvalue weighted by atomic mass is 10.1. The van der Waals surface area contributed by atoms with Crippen LogP contribution in [-0.2, 0) is 4.79 Å². The Kier molecular flexibility index (Phi) is 3.99. The van der Waals surface area contributed by atoms with Gasteiger partial charge in [0.15, 0.2) is 6.29 Å². The summed E-state index contributed by atoms with van der Waals surface area (Å²) in [7, 11) is 3.19. The predicted molar refractivity (Wildman–Crippen MR) is 59.1 cm³/mol. The van der Waals surface area contributed by atoms with Crippen LogP contribution in [0.5, 0.6) is 0 Å². The third kappa shape index (κ3) is 2.79. The van der Waals surface area contributed by atoms with Crippen LogP contribution in [0.1, 0.15) is 10.4 Å². The van der Waals surface area contributed by atoms with Gasteiger partial charge in [0.25, 0.3) is 0 Å². The van der Waals surface area contributed by atoms with Crippen LogP contribution < -0.4 is 10.2 Å². The fourth-order valence-electron chi connectivity index (χ4n) is 1.35. The van der Waals surface area contributed by atoms with Gasteiger partial charge in [-0.25, -0.2) is 4.39 Å². The van der Waals surface area contributed by atoms with Crippen LogP contribution in [-0.4, -0.2) is 32.8 Å². The van der Waals surface area contributed by atoms with Crippen molar-refractivity contribution in [3.63, 3.8) is 0 Å². The second kappa shape index (κ2) is 5.25. The molecule has 0 saturated carbocycles. The van der Waals surface area contributed by atoms with Crippen molar-refractivity contribution in [2.45, 2.75) is 0 Å². The van der Waals surface area contributed by atoms with Crippen molar-refractivity contribution < 1.29 is 14.0 Å². The first-order valence-electron chi connectivity index (χ1n) is 4.75. The molecule has 1 N–H and O–H groups in total. The number of carbonyl (C=O) groups is 2. The molecule has 1 aromatic carbocycles. The minimum Gasteiger partial charge on any atom is -0.365 e. The Bertz CT molecular complexity index is 407. The maximum absolute atomic E-state index is 12.9. The number of amides is 1. The average molecular weight is 224 g/mol. The summed E-state index contributed by atoms with van der Waals surface area (Å²) in [4.78, 5) is 23.5. The number of likely N-dealkylation sites (N-methyl/N-ethyl adjacent to an activating group) is 2. The summed E-state index contributed by atoms with van der Waals surface area (Å²) in [6, 6.07) is 3.87. The van der Waals surface area contributed by atoms with Crippen LogP contribution in [0.15, 0.2) is 18.2 Å². The SMILES string of the molecule is CNC(=O)CN(C)c1ccc(F)cc1C=O. The normalized spacial score (nSPS) is 9.69. The number of nitrogens with one attached hydrogen (secondary N) is 1. The molecule has 1 aromatic rings. The van der Waals surface area contributed by atoms with Gasteiger partial charge < -0.3 is 10.2 Å². The molecule has 0 unspecified atom stereocenters.